The van der Waals surface area contributed by atoms with E-state index in [9.17, 15) is 5.11 Å². The Labute approximate surface area is 99.5 Å². The van der Waals surface area contributed by atoms with Gasteiger partial charge in [0.25, 0.3) is 0 Å². The highest BCUT2D eigenvalue weighted by molar-refractivity contribution is 7.80. The van der Waals surface area contributed by atoms with E-state index in [1.54, 1.807) is 0 Å². The lowest BCUT2D eigenvalue weighted by Crippen LogP contribution is -2.36. The van der Waals surface area contributed by atoms with Gasteiger partial charge >= 0.3 is 0 Å². The maximum Gasteiger partial charge on any atom is 0.0524 e. The highest BCUT2D eigenvalue weighted by atomic mass is 32.1. The first-order valence-electron chi connectivity index (χ1n) is 6.05. The van der Waals surface area contributed by atoms with Crippen molar-refractivity contribution in [1.82, 2.24) is 4.90 Å². The van der Waals surface area contributed by atoms with Crippen LogP contribution in [0, 0.1) is 5.41 Å². The van der Waals surface area contributed by atoms with Crippen LogP contribution in [0.1, 0.15) is 39.0 Å². The van der Waals surface area contributed by atoms with E-state index in [0.29, 0.717) is 5.41 Å². The largest absolute Gasteiger partial charge is 0.393 e. The van der Waals surface area contributed by atoms with Gasteiger partial charge in [0.1, 0.15) is 0 Å². The van der Waals surface area contributed by atoms with Gasteiger partial charge in [0.2, 0.25) is 0 Å². The first-order valence-corrected chi connectivity index (χ1v) is 6.69. The number of thiol groups is 1. The van der Waals surface area contributed by atoms with Gasteiger partial charge in [0, 0.05) is 13.1 Å². The van der Waals surface area contributed by atoms with Crippen molar-refractivity contribution in [3.63, 3.8) is 0 Å². The Hall–Kier alpha value is 0.270. The molecule has 0 spiro atoms. The van der Waals surface area contributed by atoms with Crippen LogP contribution in [0.3, 0.4) is 0 Å². The third-order valence-electron chi connectivity index (χ3n) is 3.53. The Morgan fingerprint density at radius 3 is 2.47 bits per heavy atom. The van der Waals surface area contributed by atoms with Gasteiger partial charge in [-0.25, -0.2) is 0 Å². The van der Waals surface area contributed by atoms with E-state index in [-0.39, 0.29) is 6.10 Å². The minimum atomic E-state index is -0.178. The Morgan fingerprint density at radius 1 is 1.40 bits per heavy atom. The fraction of sp³-hybridized carbons (Fsp3) is 1.00. The van der Waals surface area contributed by atoms with Crippen LogP contribution < -0.4 is 0 Å². The highest BCUT2D eigenvalue weighted by Crippen LogP contribution is 2.39. The van der Waals surface area contributed by atoms with Crippen molar-refractivity contribution < 1.29 is 5.11 Å². The molecule has 1 fully saturated rings. The summed E-state index contributed by atoms with van der Waals surface area (Å²) in [6.07, 6.45) is 6.09. The Kier molecular flexibility index (Phi) is 5.44. The van der Waals surface area contributed by atoms with Crippen LogP contribution in [0.15, 0.2) is 0 Å². The third kappa shape index (κ3) is 4.33. The molecule has 0 amide bonds. The van der Waals surface area contributed by atoms with E-state index < -0.39 is 0 Å². The first-order chi connectivity index (χ1) is 7.08. The second-order valence-corrected chi connectivity index (χ2v) is 5.56. The Morgan fingerprint density at radius 2 is 2.00 bits per heavy atom. The molecule has 0 radical (unpaired) electrons. The zero-order valence-electron chi connectivity index (χ0n) is 10.1. The molecular weight excluding hydrogens is 206 g/mol. The van der Waals surface area contributed by atoms with Gasteiger partial charge in [-0.1, -0.05) is 12.8 Å². The van der Waals surface area contributed by atoms with Crippen molar-refractivity contribution in [2.45, 2.75) is 45.1 Å². The van der Waals surface area contributed by atoms with Gasteiger partial charge in [-0.3, -0.25) is 0 Å². The monoisotopic (exact) mass is 231 g/mol. The summed E-state index contributed by atoms with van der Waals surface area (Å²) in [6, 6.07) is 0. The molecule has 2 nitrogen and oxygen atoms in total. The van der Waals surface area contributed by atoms with Gasteiger partial charge < -0.3 is 10.0 Å². The Bertz CT molecular complexity index is 178. The topological polar surface area (TPSA) is 23.5 Å². The molecule has 90 valence electrons. The van der Waals surface area contributed by atoms with Crippen LogP contribution in [0.4, 0.5) is 0 Å². The fourth-order valence-corrected chi connectivity index (χ4v) is 2.97. The van der Waals surface area contributed by atoms with E-state index in [2.05, 4.69) is 24.6 Å². The summed E-state index contributed by atoms with van der Waals surface area (Å²) in [6.45, 7) is 3.99. The summed E-state index contributed by atoms with van der Waals surface area (Å²) in [5.41, 5.74) is 0.455. The van der Waals surface area contributed by atoms with Crippen molar-refractivity contribution in [3.8, 4) is 0 Å². The molecule has 1 rings (SSSR count). The second kappa shape index (κ2) is 6.12. The van der Waals surface area contributed by atoms with Gasteiger partial charge in [0.15, 0.2) is 0 Å². The van der Waals surface area contributed by atoms with Crippen molar-refractivity contribution in [2.75, 3.05) is 25.9 Å². The second-order valence-electron chi connectivity index (χ2n) is 5.24. The number of rotatable bonds is 6. The summed E-state index contributed by atoms with van der Waals surface area (Å²) < 4.78 is 0. The lowest BCUT2D eigenvalue weighted by atomic mass is 9.88. The Balaban J connectivity index is 2.31. The number of nitrogens with zero attached hydrogens (tertiary/aromatic N) is 1. The zero-order chi connectivity index (χ0) is 11.3. The first kappa shape index (κ1) is 13.3. The van der Waals surface area contributed by atoms with Crippen molar-refractivity contribution in [3.05, 3.63) is 0 Å². The molecule has 1 unspecified atom stereocenters. The maximum absolute atomic E-state index is 9.24. The lowest BCUT2D eigenvalue weighted by molar-refractivity contribution is 0.144. The van der Waals surface area contributed by atoms with Crippen LogP contribution >= 0.6 is 12.6 Å². The third-order valence-corrected chi connectivity index (χ3v) is 4.20. The predicted molar refractivity (Wildman–Crippen MR) is 68.5 cm³/mol. The van der Waals surface area contributed by atoms with Crippen molar-refractivity contribution in [1.29, 1.82) is 0 Å². The molecule has 1 aliphatic rings. The summed E-state index contributed by atoms with van der Waals surface area (Å²) in [5, 5.41) is 9.24. The molecule has 0 aromatic heterocycles. The standard InChI is InChI=1S/C12H25NOS/c1-11(14)5-8-13(2)9-12(10-15)6-3-4-7-12/h11,14-15H,3-10H2,1-2H3. The van der Waals surface area contributed by atoms with Gasteiger partial charge in [-0.05, 0) is 44.4 Å². The van der Waals surface area contributed by atoms with E-state index in [1.807, 2.05) is 6.92 Å². The van der Waals surface area contributed by atoms with Crippen LogP contribution in [0.2, 0.25) is 0 Å². The van der Waals surface area contributed by atoms with Crippen LogP contribution in [0.5, 0.6) is 0 Å². The molecule has 3 heteroatoms. The molecule has 0 aromatic carbocycles. The number of aliphatic hydroxyl groups excluding tert-OH is 1. The van der Waals surface area contributed by atoms with Crippen LogP contribution in [-0.2, 0) is 0 Å². The molecule has 0 aromatic rings. The van der Waals surface area contributed by atoms with Gasteiger partial charge in [-0.15, -0.1) is 0 Å². The zero-order valence-corrected chi connectivity index (χ0v) is 11.0. The molecule has 0 saturated heterocycles. The van der Waals surface area contributed by atoms with Gasteiger partial charge in [-0.2, -0.15) is 12.6 Å². The molecule has 1 N–H and O–H groups in total. The van der Waals surface area contributed by atoms with Crippen molar-refractivity contribution in [2.24, 2.45) is 5.41 Å². The smallest absolute Gasteiger partial charge is 0.0524 e. The predicted octanol–water partition coefficient (Wildman–Crippen LogP) is 2.18. The van der Waals surface area contributed by atoms with Crippen LogP contribution in [0.25, 0.3) is 0 Å². The van der Waals surface area contributed by atoms with E-state index in [4.69, 9.17) is 0 Å². The molecule has 1 atom stereocenters. The molecule has 0 aliphatic heterocycles. The fourth-order valence-electron chi connectivity index (χ4n) is 2.55. The van der Waals surface area contributed by atoms with Gasteiger partial charge in [0.05, 0.1) is 6.10 Å². The van der Waals surface area contributed by atoms with Crippen molar-refractivity contribution >= 4 is 12.6 Å². The summed E-state index contributed by atoms with van der Waals surface area (Å²) in [7, 11) is 2.16. The lowest BCUT2D eigenvalue weighted by Gasteiger charge is -2.32. The molecule has 0 bridgehead atoms. The highest BCUT2D eigenvalue weighted by Gasteiger charge is 2.33. The molecule has 15 heavy (non-hydrogen) atoms. The van der Waals surface area contributed by atoms with E-state index >= 15 is 0 Å². The quantitative estimate of drug-likeness (QED) is 0.685. The summed E-state index contributed by atoms with van der Waals surface area (Å²) >= 11 is 4.51. The molecule has 1 aliphatic carbocycles. The average molecular weight is 231 g/mol. The maximum atomic E-state index is 9.24. The molecule has 0 heterocycles. The molecule has 1 saturated carbocycles. The normalized spacial score (nSPS) is 22.2. The SMILES string of the molecule is CC(O)CCN(C)CC1(CS)CCCC1. The average Bonchev–Trinajstić information content (AvgIpc) is 2.64. The number of hydrogen-bond acceptors (Lipinski definition) is 3. The minimum Gasteiger partial charge on any atom is -0.393 e. The minimum absolute atomic E-state index is 0.178. The summed E-state index contributed by atoms with van der Waals surface area (Å²) in [4.78, 5) is 2.36. The van der Waals surface area contributed by atoms with E-state index in [0.717, 1.165) is 25.3 Å². The van der Waals surface area contributed by atoms with Crippen LogP contribution in [-0.4, -0.2) is 42.0 Å². The number of aliphatic hydroxyl groups is 1. The summed E-state index contributed by atoms with van der Waals surface area (Å²) in [5.74, 6) is 1.01. The van der Waals surface area contributed by atoms with E-state index in [1.165, 1.54) is 25.7 Å². The number of hydrogen-bond donors (Lipinski definition) is 2. The molecular formula is C12H25NOS.